The summed E-state index contributed by atoms with van der Waals surface area (Å²) in [6, 6.07) is 6.99. The second-order valence-corrected chi connectivity index (χ2v) is 7.43. The molecular formula is C19H19Cl2N5O3. The molecule has 0 aliphatic rings. The van der Waals surface area contributed by atoms with Crippen molar-refractivity contribution < 1.29 is 14.3 Å². The van der Waals surface area contributed by atoms with Gasteiger partial charge < -0.3 is 9.64 Å². The maximum atomic E-state index is 12.2. The topological polar surface area (TPSA) is 89.7 Å². The summed E-state index contributed by atoms with van der Waals surface area (Å²) in [5.41, 5.74) is 2.49. The summed E-state index contributed by atoms with van der Waals surface area (Å²) < 4.78 is 6.63. The van der Waals surface area contributed by atoms with Crippen molar-refractivity contribution in [2.24, 2.45) is 0 Å². The van der Waals surface area contributed by atoms with E-state index in [1.54, 1.807) is 29.8 Å². The first kappa shape index (κ1) is 21.0. The van der Waals surface area contributed by atoms with Crippen molar-refractivity contribution in [2.75, 3.05) is 13.7 Å². The molecular weight excluding hydrogens is 417 g/mol. The van der Waals surface area contributed by atoms with Gasteiger partial charge in [-0.1, -0.05) is 29.3 Å². The Morgan fingerprint density at radius 2 is 1.90 bits per heavy atom. The lowest BCUT2D eigenvalue weighted by atomic mass is 10.2. The van der Waals surface area contributed by atoms with Crippen LogP contribution in [0.5, 0.6) is 0 Å². The number of benzene rings is 1. The molecule has 10 heteroatoms. The largest absolute Gasteiger partial charge is 0.455 e. The minimum Gasteiger partial charge on any atom is -0.455 e. The molecule has 0 saturated carbocycles. The Kier molecular flexibility index (Phi) is 6.34. The summed E-state index contributed by atoms with van der Waals surface area (Å²) in [7, 11) is 1.61. The molecule has 2 heterocycles. The van der Waals surface area contributed by atoms with E-state index in [1.165, 1.54) is 4.90 Å². The van der Waals surface area contributed by atoms with Crippen molar-refractivity contribution in [1.82, 2.24) is 24.5 Å². The second-order valence-electron chi connectivity index (χ2n) is 6.61. The van der Waals surface area contributed by atoms with Crippen LogP contribution in [0.4, 0.5) is 0 Å². The number of aryl methyl sites for hydroxylation is 2. The number of aromatic nitrogens is 4. The van der Waals surface area contributed by atoms with Crippen LogP contribution in [0.15, 0.2) is 24.3 Å². The Balaban J connectivity index is 1.53. The van der Waals surface area contributed by atoms with Gasteiger partial charge in [-0.3, -0.25) is 9.59 Å². The highest BCUT2D eigenvalue weighted by molar-refractivity contribution is 6.42. The first-order valence-corrected chi connectivity index (χ1v) is 9.52. The lowest BCUT2D eigenvalue weighted by molar-refractivity contribution is -0.151. The fraction of sp³-hybridized carbons (Fsp3) is 0.316. The number of amides is 1. The maximum absolute atomic E-state index is 12.2. The van der Waals surface area contributed by atoms with Gasteiger partial charge in [0, 0.05) is 25.0 Å². The van der Waals surface area contributed by atoms with E-state index < -0.39 is 5.97 Å². The Morgan fingerprint density at radius 1 is 1.14 bits per heavy atom. The first-order chi connectivity index (χ1) is 13.7. The molecule has 1 amide bonds. The molecule has 0 aliphatic carbocycles. The van der Waals surface area contributed by atoms with Gasteiger partial charge >= 0.3 is 5.97 Å². The van der Waals surface area contributed by atoms with Crippen LogP contribution in [0.2, 0.25) is 10.0 Å². The van der Waals surface area contributed by atoms with Crippen LogP contribution in [0.3, 0.4) is 0 Å². The Bertz CT molecular complexity index is 1080. The molecule has 29 heavy (non-hydrogen) atoms. The number of hydrogen-bond acceptors (Lipinski definition) is 6. The minimum atomic E-state index is -0.591. The van der Waals surface area contributed by atoms with E-state index in [2.05, 4.69) is 15.1 Å². The average Bonchev–Trinajstić information content (AvgIpc) is 3.05. The number of ether oxygens (including phenoxy) is 1. The minimum absolute atomic E-state index is 0.147. The number of rotatable bonds is 6. The van der Waals surface area contributed by atoms with Gasteiger partial charge in [0.05, 0.1) is 10.0 Å². The van der Waals surface area contributed by atoms with Crippen LogP contribution in [-0.2, 0) is 27.3 Å². The molecule has 3 rings (SSSR count). The molecule has 0 radical (unpaired) electrons. The highest BCUT2D eigenvalue weighted by Gasteiger charge is 2.16. The Morgan fingerprint density at radius 3 is 2.62 bits per heavy atom. The monoisotopic (exact) mass is 435 g/mol. The van der Waals surface area contributed by atoms with E-state index in [9.17, 15) is 9.59 Å². The van der Waals surface area contributed by atoms with E-state index in [4.69, 9.17) is 27.9 Å². The number of carbonyl (C=O) groups is 2. The maximum Gasteiger partial charge on any atom is 0.314 e. The molecule has 0 unspecified atom stereocenters. The highest BCUT2D eigenvalue weighted by atomic mass is 35.5. The fourth-order valence-electron chi connectivity index (χ4n) is 2.72. The zero-order valence-corrected chi connectivity index (χ0v) is 17.7. The molecule has 2 aromatic heterocycles. The van der Waals surface area contributed by atoms with Gasteiger partial charge in [-0.15, -0.1) is 5.10 Å². The van der Waals surface area contributed by atoms with Gasteiger partial charge in [-0.25, -0.2) is 9.50 Å². The second kappa shape index (κ2) is 8.75. The van der Waals surface area contributed by atoms with Crippen molar-refractivity contribution in [3.8, 4) is 0 Å². The van der Waals surface area contributed by atoms with Crippen LogP contribution in [0.1, 0.15) is 22.8 Å². The number of fused-ring (bicyclic) bond motifs is 1. The molecule has 1 aromatic carbocycles. The van der Waals surface area contributed by atoms with Crippen LogP contribution in [0.25, 0.3) is 5.78 Å². The van der Waals surface area contributed by atoms with Crippen LogP contribution in [-0.4, -0.2) is 50.0 Å². The van der Waals surface area contributed by atoms with E-state index in [0.717, 1.165) is 17.0 Å². The third-order valence-corrected chi connectivity index (χ3v) is 4.89. The molecule has 8 nitrogen and oxygen atoms in total. The van der Waals surface area contributed by atoms with Crippen molar-refractivity contribution in [3.05, 3.63) is 57.1 Å². The zero-order valence-electron chi connectivity index (χ0n) is 16.1. The smallest absolute Gasteiger partial charge is 0.314 e. The quantitative estimate of drug-likeness (QED) is 0.552. The van der Waals surface area contributed by atoms with Gasteiger partial charge in [0.15, 0.2) is 12.4 Å². The predicted molar refractivity (Wildman–Crippen MR) is 108 cm³/mol. The summed E-state index contributed by atoms with van der Waals surface area (Å²) in [6.07, 6.45) is -0.147. The molecule has 152 valence electrons. The molecule has 0 spiro atoms. The molecule has 0 atom stereocenters. The van der Waals surface area contributed by atoms with Crippen molar-refractivity contribution in [3.63, 3.8) is 0 Å². The van der Waals surface area contributed by atoms with Crippen LogP contribution >= 0.6 is 23.2 Å². The molecule has 0 bridgehead atoms. The number of nitrogens with zero attached hydrogens (tertiary/aromatic N) is 5. The van der Waals surface area contributed by atoms with Crippen LogP contribution < -0.4 is 0 Å². The van der Waals surface area contributed by atoms with Crippen molar-refractivity contribution in [2.45, 2.75) is 26.8 Å². The zero-order chi connectivity index (χ0) is 21.1. The summed E-state index contributed by atoms with van der Waals surface area (Å²) in [5.74, 6) is -0.234. The molecule has 0 fully saturated rings. The molecule has 3 aromatic rings. The van der Waals surface area contributed by atoms with E-state index >= 15 is 0 Å². The van der Waals surface area contributed by atoms with Gasteiger partial charge in [0.25, 0.3) is 11.7 Å². The number of carbonyl (C=O) groups excluding carboxylic acids is 2. The molecule has 0 aliphatic heterocycles. The molecule has 0 saturated heterocycles. The number of esters is 1. The average molecular weight is 436 g/mol. The number of likely N-dealkylation sites (N-methyl/N-ethyl adjacent to an activating group) is 1. The third-order valence-electron chi connectivity index (χ3n) is 4.15. The van der Waals surface area contributed by atoms with Gasteiger partial charge in [0.2, 0.25) is 0 Å². The van der Waals surface area contributed by atoms with E-state index in [0.29, 0.717) is 22.4 Å². The van der Waals surface area contributed by atoms with Crippen molar-refractivity contribution >= 4 is 40.9 Å². The number of halogens is 2. The van der Waals surface area contributed by atoms with Crippen molar-refractivity contribution in [1.29, 1.82) is 0 Å². The third kappa shape index (κ3) is 5.21. The number of hydrogen-bond donors (Lipinski definition) is 0. The lowest BCUT2D eigenvalue weighted by Gasteiger charge is -2.17. The Labute approximate surface area is 177 Å². The summed E-state index contributed by atoms with van der Waals surface area (Å²) in [6.45, 7) is 3.67. The van der Waals surface area contributed by atoms with Gasteiger partial charge in [0.1, 0.15) is 6.42 Å². The summed E-state index contributed by atoms with van der Waals surface area (Å²) in [5, 5.41) is 5.11. The predicted octanol–water partition coefficient (Wildman–Crippen LogP) is 2.79. The molecule has 0 N–H and O–H groups in total. The van der Waals surface area contributed by atoms with Gasteiger partial charge in [-0.05, 0) is 37.6 Å². The highest BCUT2D eigenvalue weighted by Crippen LogP contribution is 2.23. The standard InChI is InChI=1S/C19H19Cl2N5O3/c1-11-6-12(2)26-19(22-11)23-16(24-26)8-18(28)29-10-17(27)25(3)9-13-4-5-14(20)15(21)7-13/h4-7H,8-10H2,1-3H3. The van der Waals surface area contributed by atoms with Gasteiger partial charge in [-0.2, -0.15) is 4.98 Å². The SMILES string of the molecule is Cc1cc(C)n2nc(CC(=O)OCC(=O)N(C)Cc3ccc(Cl)c(Cl)c3)nc2n1. The summed E-state index contributed by atoms with van der Waals surface area (Å²) >= 11 is 11.9. The first-order valence-electron chi connectivity index (χ1n) is 8.76. The van der Waals surface area contributed by atoms with Crippen LogP contribution in [0, 0.1) is 13.8 Å². The summed E-state index contributed by atoms with van der Waals surface area (Å²) in [4.78, 5) is 34.2. The Hall–Kier alpha value is -2.71. The normalized spacial score (nSPS) is 10.9. The van der Waals surface area contributed by atoms with E-state index in [-0.39, 0.29) is 24.8 Å². The fourth-order valence-corrected chi connectivity index (χ4v) is 3.04. The van der Waals surface area contributed by atoms with E-state index in [1.807, 2.05) is 19.9 Å². The lowest BCUT2D eigenvalue weighted by Crippen LogP contribution is -2.31.